The molecule has 0 aliphatic heterocycles. The van der Waals surface area contributed by atoms with Crippen LogP contribution in [0.4, 0.5) is 0 Å². The van der Waals surface area contributed by atoms with Gasteiger partial charge in [0.1, 0.15) is 23.9 Å². The summed E-state index contributed by atoms with van der Waals surface area (Å²) in [6, 6.07) is 1.33. The minimum absolute atomic E-state index is 0.0203. The zero-order valence-electron chi connectivity index (χ0n) is 19.5. The van der Waals surface area contributed by atoms with Gasteiger partial charge in [0.15, 0.2) is 0 Å². The lowest BCUT2D eigenvalue weighted by molar-refractivity contribution is -0.142. The number of benzene rings is 1. The number of hydrogen-bond acceptors (Lipinski definition) is 8. The van der Waals surface area contributed by atoms with Crippen LogP contribution in [-0.2, 0) is 30.4 Å². The van der Waals surface area contributed by atoms with Crippen LogP contribution in [0.2, 0.25) is 0 Å². The van der Waals surface area contributed by atoms with Crippen molar-refractivity contribution in [2.24, 2.45) is 5.73 Å². The quantitative estimate of drug-likeness (QED) is 0.159. The Labute approximate surface area is 207 Å². The number of carbonyl (C=O) groups excluding carboxylic acids is 3. The number of phenolic OH excluding ortho intramolecular Hbond substituents is 1. The molecule has 0 saturated carbocycles. The van der Waals surface area contributed by atoms with Crippen LogP contribution < -0.4 is 21.7 Å². The maximum Gasteiger partial charge on any atom is 0.326 e. The lowest BCUT2D eigenvalue weighted by atomic mass is 10.1. The molecule has 0 saturated heterocycles. The molecule has 0 spiro atoms. The van der Waals surface area contributed by atoms with Crippen LogP contribution in [0.15, 0.2) is 24.3 Å². The molecule has 3 amide bonds. The van der Waals surface area contributed by atoms with E-state index in [2.05, 4.69) is 16.0 Å². The molecular formula is C22H32N4O8S. The van der Waals surface area contributed by atoms with Gasteiger partial charge in [-0.05, 0) is 49.5 Å². The number of carbonyl (C=O) groups is 5. The highest BCUT2D eigenvalue weighted by Crippen LogP contribution is 2.11. The zero-order valence-corrected chi connectivity index (χ0v) is 20.3. The van der Waals surface area contributed by atoms with Crippen molar-refractivity contribution in [3.05, 3.63) is 29.8 Å². The second-order valence-corrected chi connectivity index (χ2v) is 8.87. The SMILES string of the molecule is CSCCC(NC(=O)C(N)CCC(=O)O)C(=O)NC(C)C(=O)NC(Cc1ccc(O)cc1)C(=O)O. The number of amides is 3. The molecule has 35 heavy (non-hydrogen) atoms. The lowest BCUT2D eigenvalue weighted by Gasteiger charge is -2.23. The Hall–Kier alpha value is -3.32. The van der Waals surface area contributed by atoms with E-state index in [9.17, 15) is 34.2 Å². The van der Waals surface area contributed by atoms with Crippen molar-refractivity contribution in [1.29, 1.82) is 0 Å². The van der Waals surface area contributed by atoms with E-state index in [0.29, 0.717) is 11.3 Å². The second kappa shape index (κ2) is 14.8. The Balaban J connectivity index is 2.76. The highest BCUT2D eigenvalue weighted by atomic mass is 32.2. The Kier molecular flexibility index (Phi) is 12.6. The highest BCUT2D eigenvalue weighted by molar-refractivity contribution is 7.98. The van der Waals surface area contributed by atoms with Crippen LogP contribution in [0.1, 0.15) is 31.7 Å². The molecule has 1 aromatic rings. The normalized spacial score (nSPS) is 14.1. The predicted octanol–water partition coefficient (Wildman–Crippen LogP) is -0.561. The topological polar surface area (TPSA) is 208 Å². The second-order valence-electron chi connectivity index (χ2n) is 7.88. The first-order valence-corrected chi connectivity index (χ1v) is 12.2. The third-order valence-electron chi connectivity index (χ3n) is 4.99. The summed E-state index contributed by atoms with van der Waals surface area (Å²) in [5.41, 5.74) is 6.28. The number of nitrogens with one attached hydrogen (secondary N) is 3. The third-order valence-corrected chi connectivity index (χ3v) is 5.64. The summed E-state index contributed by atoms with van der Waals surface area (Å²) in [5, 5.41) is 34.9. The van der Waals surface area contributed by atoms with Gasteiger partial charge in [-0.15, -0.1) is 0 Å². The molecule has 0 aliphatic rings. The highest BCUT2D eigenvalue weighted by Gasteiger charge is 2.28. The molecule has 4 atom stereocenters. The number of hydrogen-bond donors (Lipinski definition) is 7. The first-order chi connectivity index (χ1) is 16.4. The van der Waals surface area contributed by atoms with Crippen LogP contribution >= 0.6 is 11.8 Å². The van der Waals surface area contributed by atoms with E-state index in [1.54, 1.807) is 0 Å². The van der Waals surface area contributed by atoms with Crippen molar-refractivity contribution in [3.8, 4) is 5.75 Å². The fourth-order valence-corrected chi connectivity index (χ4v) is 3.41. The van der Waals surface area contributed by atoms with Gasteiger partial charge in [0.05, 0.1) is 6.04 Å². The van der Waals surface area contributed by atoms with Crippen molar-refractivity contribution >= 4 is 41.4 Å². The molecule has 194 valence electrons. The molecule has 0 aromatic heterocycles. The van der Waals surface area contributed by atoms with Crippen LogP contribution in [0.5, 0.6) is 5.75 Å². The summed E-state index contributed by atoms with van der Waals surface area (Å²) >= 11 is 1.44. The minimum Gasteiger partial charge on any atom is -0.508 e. The molecule has 0 bridgehead atoms. The van der Waals surface area contributed by atoms with E-state index >= 15 is 0 Å². The number of thioether (sulfide) groups is 1. The van der Waals surface area contributed by atoms with Crippen molar-refractivity contribution in [2.75, 3.05) is 12.0 Å². The van der Waals surface area contributed by atoms with Crippen LogP contribution in [-0.4, -0.2) is 81.2 Å². The molecule has 1 rings (SSSR count). The molecule has 13 heteroatoms. The van der Waals surface area contributed by atoms with E-state index in [4.69, 9.17) is 10.8 Å². The largest absolute Gasteiger partial charge is 0.508 e. The van der Waals surface area contributed by atoms with Gasteiger partial charge in [0.25, 0.3) is 0 Å². The average Bonchev–Trinajstić information content (AvgIpc) is 2.80. The van der Waals surface area contributed by atoms with E-state index in [1.807, 2.05) is 6.26 Å². The molecule has 8 N–H and O–H groups in total. The van der Waals surface area contributed by atoms with Gasteiger partial charge in [0, 0.05) is 12.8 Å². The van der Waals surface area contributed by atoms with Crippen LogP contribution in [0.25, 0.3) is 0 Å². The number of carboxylic acid groups (broad SMARTS) is 2. The van der Waals surface area contributed by atoms with Crippen LogP contribution in [0, 0.1) is 0 Å². The zero-order chi connectivity index (χ0) is 26.5. The van der Waals surface area contributed by atoms with Crippen LogP contribution in [0.3, 0.4) is 0 Å². The van der Waals surface area contributed by atoms with Crippen molar-refractivity contribution in [2.45, 2.75) is 56.8 Å². The molecule has 12 nitrogen and oxygen atoms in total. The van der Waals surface area contributed by atoms with E-state index in [-0.39, 0.29) is 31.4 Å². The summed E-state index contributed by atoms with van der Waals surface area (Å²) in [5.74, 6) is -3.93. The fraction of sp³-hybridized carbons (Fsp3) is 0.500. The van der Waals surface area contributed by atoms with Gasteiger partial charge in [-0.3, -0.25) is 19.2 Å². The predicted molar refractivity (Wildman–Crippen MR) is 129 cm³/mol. The summed E-state index contributed by atoms with van der Waals surface area (Å²) in [7, 11) is 0. The smallest absolute Gasteiger partial charge is 0.326 e. The summed E-state index contributed by atoms with van der Waals surface area (Å²) < 4.78 is 0. The Bertz CT molecular complexity index is 896. The first-order valence-electron chi connectivity index (χ1n) is 10.8. The number of carboxylic acids is 2. The third kappa shape index (κ3) is 11.1. The number of nitrogens with two attached hydrogens (primary N) is 1. The maximum atomic E-state index is 12.7. The lowest BCUT2D eigenvalue weighted by Crippen LogP contribution is -2.56. The van der Waals surface area contributed by atoms with E-state index in [1.165, 1.54) is 43.0 Å². The van der Waals surface area contributed by atoms with Gasteiger partial charge in [-0.1, -0.05) is 12.1 Å². The molecule has 0 radical (unpaired) electrons. The van der Waals surface area contributed by atoms with E-state index in [0.717, 1.165) is 0 Å². The molecule has 0 fully saturated rings. The number of aromatic hydroxyl groups is 1. The summed E-state index contributed by atoms with van der Waals surface area (Å²) in [6.07, 6.45) is 1.60. The molecule has 4 unspecified atom stereocenters. The van der Waals surface area contributed by atoms with Gasteiger partial charge >= 0.3 is 11.9 Å². The maximum absolute atomic E-state index is 12.7. The average molecular weight is 513 g/mol. The minimum atomic E-state index is -1.27. The number of phenols is 1. The molecule has 1 aromatic carbocycles. The monoisotopic (exact) mass is 512 g/mol. The van der Waals surface area contributed by atoms with Crippen molar-refractivity contribution < 1.29 is 39.3 Å². The van der Waals surface area contributed by atoms with Crippen molar-refractivity contribution in [1.82, 2.24) is 16.0 Å². The molecule has 0 heterocycles. The molecule has 0 aliphatic carbocycles. The fourth-order valence-electron chi connectivity index (χ4n) is 2.94. The summed E-state index contributed by atoms with van der Waals surface area (Å²) in [4.78, 5) is 59.9. The Morgan fingerprint density at radius 2 is 1.51 bits per heavy atom. The number of rotatable bonds is 15. The van der Waals surface area contributed by atoms with E-state index < -0.39 is 53.8 Å². The Morgan fingerprint density at radius 1 is 0.914 bits per heavy atom. The molecular weight excluding hydrogens is 480 g/mol. The number of aliphatic carboxylic acids is 2. The standard InChI is InChI=1S/C22H32N4O8S/c1-12(19(30)26-17(22(33)34)11-13-3-5-14(27)6-4-13)24-21(32)16(9-10-35-2)25-20(31)15(23)7-8-18(28)29/h3-6,12,15-17,27H,7-11,23H2,1-2H3,(H,24,32)(H,25,31)(H,26,30)(H,28,29)(H,33,34). The van der Waals surface area contributed by atoms with Gasteiger partial charge in [-0.25, -0.2) is 4.79 Å². The Morgan fingerprint density at radius 3 is 2.06 bits per heavy atom. The van der Waals surface area contributed by atoms with Gasteiger partial charge in [-0.2, -0.15) is 11.8 Å². The van der Waals surface area contributed by atoms with Gasteiger partial charge in [0.2, 0.25) is 17.7 Å². The summed E-state index contributed by atoms with van der Waals surface area (Å²) in [6.45, 7) is 1.37. The van der Waals surface area contributed by atoms with Gasteiger partial charge < -0.3 is 37.0 Å². The van der Waals surface area contributed by atoms with Crippen molar-refractivity contribution in [3.63, 3.8) is 0 Å². The first kappa shape index (κ1) is 29.7.